The van der Waals surface area contributed by atoms with E-state index in [2.05, 4.69) is 21.2 Å². The minimum atomic E-state index is -0.171. The van der Waals surface area contributed by atoms with Crippen molar-refractivity contribution < 1.29 is 9.90 Å². The number of benzene rings is 2. The molecule has 0 aliphatic carbocycles. The number of amides is 1. The number of carbonyl (C=O) groups is 1. The largest absolute Gasteiger partial charge is 0.392 e. The van der Waals surface area contributed by atoms with Gasteiger partial charge in [-0.05, 0) is 42.3 Å². The average Bonchev–Trinajstić information content (AvgIpc) is 2.42. The molecule has 2 aromatic rings. The summed E-state index contributed by atoms with van der Waals surface area (Å²) in [6.45, 7) is 1.93. The normalized spacial score (nSPS) is 10.3. The lowest BCUT2D eigenvalue weighted by Gasteiger charge is -2.07. The van der Waals surface area contributed by atoms with E-state index in [9.17, 15) is 4.79 Å². The smallest absolute Gasteiger partial charge is 0.255 e. The molecule has 19 heavy (non-hydrogen) atoms. The molecule has 98 valence electrons. The number of hydrogen-bond acceptors (Lipinski definition) is 2. The van der Waals surface area contributed by atoms with E-state index in [1.54, 1.807) is 36.4 Å². The highest BCUT2D eigenvalue weighted by Crippen LogP contribution is 2.19. The summed E-state index contributed by atoms with van der Waals surface area (Å²) in [5.41, 5.74) is 3.11. The highest BCUT2D eigenvalue weighted by Gasteiger charge is 2.07. The van der Waals surface area contributed by atoms with Gasteiger partial charge in [0.1, 0.15) is 0 Å². The fraction of sp³-hybridized carbons (Fsp3) is 0.133. The zero-order chi connectivity index (χ0) is 13.8. The summed E-state index contributed by atoms with van der Waals surface area (Å²) in [6.07, 6.45) is 0. The molecule has 0 unspecified atom stereocenters. The van der Waals surface area contributed by atoms with E-state index in [1.165, 1.54) is 0 Å². The summed E-state index contributed by atoms with van der Waals surface area (Å²) in [4.78, 5) is 12.1. The Morgan fingerprint density at radius 2 is 2.05 bits per heavy atom. The lowest BCUT2D eigenvalue weighted by Crippen LogP contribution is -2.12. The van der Waals surface area contributed by atoms with Crippen LogP contribution in [0.4, 0.5) is 5.69 Å². The molecule has 2 N–H and O–H groups in total. The minimum Gasteiger partial charge on any atom is -0.392 e. The van der Waals surface area contributed by atoms with Gasteiger partial charge in [-0.2, -0.15) is 0 Å². The van der Waals surface area contributed by atoms with Crippen LogP contribution in [-0.4, -0.2) is 11.0 Å². The highest BCUT2D eigenvalue weighted by atomic mass is 79.9. The number of carbonyl (C=O) groups excluding carboxylic acids is 1. The first-order valence-electron chi connectivity index (χ1n) is 5.87. The Morgan fingerprint density at radius 1 is 1.26 bits per heavy atom. The molecule has 0 saturated carbocycles. The Kier molecular flexibility index (Phi) is 4.35. The second-order valence-electron chi connectivity index (χ2n) is 4.28. The predicted molar refractivity (Wildman–Crippen MR) is 79.2 cm³/mol. The third kappa shape index (κ3) is 3.43. The van der Waals surface area contributed by atoms with Crippen molar-refractivity contribution in [2.45, 2.75) is 13.5 Å². The Balaban J connectivity index is 2.18. The van der Waals surface area contributed by atoms with Crippen LogP contribution in [0.1, 0.15) is 21.5 Å². The average molecular weight is 320 g/mol. The van der Waals surface area contributed by atoms with E-state index in [0.29, 0.717) is 11.3 Å². The van der Waals surface area contributed by atoms with Crippen molar-refractivity contribution in [2.24, 2.45) is 0 Å². The molecule has 4 heteroatoms. The molecule has 0 atom stereocenters. The number of aryl methyl sites for hydroxylation is 1. The zero-order valence-corrected chi connectivity index (χ0v) is 12.1. The van der Waals surface area contributed by atoms with Gasteiger partial charge in [-0.1, -0.05) is 34.1 Å². The molecule has 3 nitrogen and oxygen atoms in total. The van der Waals surface area contributed by atoms with Crippen LogP contribution in [0.15, 0.2) is 46.9 Å². The molecule has 0 heterocycles. The first-order valence-corrected chi connectivity index (χ1v) is 6.67. The van der Waals surface area contributed by atoms with Crippen LogP contribution in [0.25, 0.3) is 0 Å². The zero-order valence-electron chi connectivity index (χ0n) is 10.5. The van der Waals surface area contributed by atoms with E-state index >= 15 is 0 Å². The van der Waals surface area contributed by atoms with Gasteiger partial charge in [-0.25, -0.2) is 0 Å². The number of aliphatic hydroxyl groups excluding tert-OH is 1. The standard InChI is InChI=1S/C15H14BrNO2/c1-10-5-6-12(8-14(10)16)15(19)17-13-4-2-3-11(7-13)9-18/h2-8,18H,9H2,1H3,(H,17,19). The highest BCUT2D eigenvalue weighted by molar-refractivity contribution is 9.10. The van der Waals surface area contributed by atoms with Crippen molar-refractivity contribution in [3.63, 3.8) is 0 Å². The van der Waals surface area contributed by atoms with Gasteiger partial charge in [0, 0.05) is 15.7 Å². The maximum Gasteiger partial charge on any atom is 0.255 e. The lowest BCUT2D eigenvalue weighted by molar-refractivity contribution is 0.102. The molecule has 0 aliphatic rings. The van der Waals surface area contributed by atoms with Gasteiger partial charge in [-0.15, -0.1) is 0 Å². The molecule has 0 spiro atoms. The third-order valence-corrected chi connectivity index (χ3v) is 3.66. The van der Waals surface area contributed by atoms with Crippen LogP contribution in [0.2, 0.25) is 0 Å². The third-order valence-electron chi connectivity index (χ3n) is 2.80. The van der Waals surface area contributed by atoms with Gasteiger partial charge in [0.05, 0.1) is 6.61 Å². The van der Waals surface area contributed by atoms with Gasteiger partial charge in [0.2, 0.25) is 0 Å². The predicted octanol–water partition coefficient (Wildman–Crippen LogP) is 3.50. The molecule has 2 aromatic carbocycles. The number of nitrogens with one attached hydrogen (secondary N) is 1. The number of halogens is 1. The SMILES string of the molecule is Cc1ccc(C(=O)Nc2cccc(CO)c2)cc1Br. The van der Waals surface area contributed by atoms with E-state index in [0.717, 1.165) is 15.6 Å². The first-order chi connectivity index (χ1) is 9.10. The van der Waals surface area contributed by atoms with E-state index in [1.807, 2.05) is 13.0 Å². The van der Waals surface area contributed by atoms with Gasteiger partial charge in [-0.3, -0.25) is 4.79 Å². The molecule has 0 aromatic heterocycles. The Morgan fingerprint density at radius 3 is 2.74 bits per heavy atom. The molecule has 0 aliphatic heterocycles. The topological polar surface area (TPSA) is 49.3 Å². The number of aliphatic hydroxyl groups is 1. The number of hydrogen-bond donors (Lipinski definition) is 2. The molecular weight excluding hydrogens is 306 g/mol. The van der Waals surface area contributed by atoms with Gasteiger partial charge >= 0.3 is 0 Å². The van der Waals surface area contributed by atoms with Crippen LogP contribution in [0.5, 0.6) is 0 Å². The van der Waals surface area contributed by atoms with Crippen molar-refractivity contribution in [3.8, 4) is 0 Å². The molecule has 0 fully saturated rings. The Bertz CT molecular complexity index is 611. The van der Waals surface area contributed by atoms with Crippen LogP contribution in [0, 0.1) is 6.92 Å². The summed E-state index contributed by atoms with van der Waals surface area (Å²) in [5, 5.41) is 11.9. The lowest BCUT2D eigenvalue weighted by atomic mass is 10.1. The quantitative estimate of drug-likeness (QED) is 0.909. The minimum absolute atomic E-state index is 0.0419. The van der Waals surface area contributed by atoms with Crippen molar-refractivity contribution in [1.82, 2.24) is 0 Å². The van der Waals surface area contributed by atoms with Gasteiger partial charge < -0.3 is 10.4 Å². The van der Waals surface area contributed by atoms with Crippen LogP contribution in [-0.2, 0) is 6.61 Å². The first kappa shape index (κ1) is 13.8. The van der Waals surface area contributed by atoms with Crippen LogP contribution >= 0.6 is 15.9 Å². The number of rotatable bonds is 3. The molecule has 2 rings (SSSR count). The maximum atomic E-state index is 12.1. The second-order valence-corrected chi connectivity index (χ2v) is 5.13. The number of anilines is 1. The molecule has 0 bridgehead atoms. The van der Waals surface area contributed by atoms with Gasteiger partial charge in [0.15, 0.2) is 0 Å². The molecule has 0 radical (unpaired) electrons. The fourth-order valence-corrected chi connectivity index (χ4v) is 2.06. The van der Waals surface area contributed by atoms with E-state index in [-0.39, 0.29) is 12.5 Å². The van der Waals surface area contributed by atoms with Crippen LogP contribution < -0.4 is 5.32 Å². The summed E-state index contributed by atoms with van der Waals surface area (Å²) in [7, 11) is 0. The monoisotopic (exact) mass is 319 g/mol. The summed E-state index contributed by atoms with van der Waals surface area (Å²) in [5.74, 6) is -0.171. The molecule has 0 saturated heterocycles. The van der Waals surface area contributed by atoms with Crippen molar-refractivity contribution in [3.05, 3.63) is 63.6 Å². The maximum absolute atomic E-state index is 12.1. The van der Waals surface area contributed by atoms with Crippen molar-refractivity contribution in [2.75, 3.05) is 5.32 Å². The molecular formula is C15H14BrNO2. The Labute approximate surface area is 120 Å². The van der Waals surface area contributed by atoms with E-state index < -0.39 is 0 Å². The van der Waals surface area contributed by atoms with E-state index in [4.69, 9.17) is 5.11 Å². The molecule has 1 amide bonds. The fourth-order valence-electron chi connectivity index (χ4n) is 1.68. The van der Waals surface area contributed by atoms with Crippen LogP contribution in [0.3, 0.4) is 0 Å². The van der Waals surface area contributed by atoms with Crippen molar-refractivity contribution in [1.29, 1.82) is 0 Å². The van der Waals surface area contributed by atoms with Gasteiger partial charge in [0.25, 0.3) is 5.91 Å². The second kappa shape index (κ2) is 5.99. The Hall–Kier alpha value is -1.65. The summed E-state index contributed by atoms with van der Waals surface area (Å²) in [6, 6.07) is 12.6. The summed E-state index contributed by atoms with van der Waals surface area (Å²) < 4.78 is 0.907. The summed E-state index contributed by atoms with van der Waals surface area (Å²) >= 11 is 3.41. The van der Waals surface area contributed by atoms with Crippen molar-refractivity contribution >= 4 is 27.5 Å².